The fraction of sp³-hybridized carbons (Fsp3) is 0.238. The number of esters is 1. The van der Waals surface area contributed by atoms with E-state index in [9.17, 15) is 14.7 Å². The van der Waals surface area contributed by atoms with Crippen molar-refractivity contribution in [1.82, 2.24) is 0 Å². The summed E-state index contributed by atoms with van der Waals surface area (Å²) in [6.07, 6.45) is 0.712. The molecule has 150 valence electrons. The van der Waals surface area contributed by atoms with Gasteiger partial charge in [0.2, 0.25) is 0 Å². The van der Waals surface area contributed by atoms with Gasteiger partial charge in [0.15, 0.2) is 11.5 Å². The number of phenols is 1. The number of carbonyl (C=O) groups is 1. The van der Waals surface area contributed by atoms with Gasteiger partial charge in [-0.3, -0.25) is 0 Å². The Labute approximate surface area is 170 Å². The standard InChI is InChI=1S/C21H17ClO7/c1-11-16(23)4-3-14-13(9-18(24)29-19(11)14)10-28-21(25)12-7-15(22)20-17(8-12)26-5-2-6-27-20/h3-4,7-9,23H,2,5-6,10H2,1H3. The molecule has 0 spiro atoms. The van der Waals surface area contributed by atoms with Gasteiger partial charge in [0, 0.05) is 29.0 Å². The van der Waals surface area contributed by atoms with E-state index in [1.54, 1.807) is 13.0 Å². The normalized spacial score (nSPS) is 13.2. The highest BCUT2D eigenvalue weighted by molar-refractivity contribution is 6.32. The van der Waals surface area contributed by atoms with Gasteiger partial charge in [-0.15, -0.1) is 0 Å². The predicted octanol–water partition coefficient (Wildman–Crippen LogP) is 3.98. The van der Waals surface area contributed by atoms with Crippen LogP contribution in [0.1, 0.15) is 27.9 Å². The number of benzene rings is 2. The maximum absolute atomic E-state index is 12.6. The first-order chi connectivity index (χ1) is 13.9. The van der Waals surface area contributed by atoms with Crippen molar-refractivity contribution in [3.63, 3.8) is 0 Å². The molecule has 0 fully saturated rings. The molecule has 2 heterocycles. The number of halogens is 1. The van der Waals surface area contributed by atoms with Crippen LogP contribution in [0.2, 0.25) is 5.02 Å². The number of rotatable bonds is 3. The van der Waals surface area contributed by atoms with Crippen LogP contribution >= 0.6 is 11.6 Å². The molecule has 0 unspecified atom stereocenters. The molecule has 0 saturated carbocycles. The van der Waals surface area contributed by atoms with Gasteiger partial charge in [0.05, 0.1) is 23.8 Å². The lowest BCUT2D eigenvalue weighted by atomic mass is 10.1. The monoisotopic (exact) mass is 416 g/mol. The van der Waals surface area contributed by atoms with Crippen LogP contribution in [0.5, 0.6) is 17.2 Å². The summed E-state index contributed by atoms with van der Waals surface area (Å²) < 4.78 is 21.7. The first-order valence-corrected chi connectivity index (χ1v) is 9.33. The number of hydrogen-bond donors (Lipinski definition) is 1. The number of fused-ring (bicyclic) bond motifs is 2. The summed E-state index contributed by atoms with van der Waals surface area (Å²) in [5.74, 6) is 0.178. The number of aromatic hydroxyl groups is 1. The fourth-order valence-corrected chi connectivity index (χ4v) is 3.38. The van der Waals surface area contributed by atoms with Gasteiger partial charge >= 0.3 is 11.6 Å². The zero-order valence-corrected chi connectivity index (χ0v) is 16.2. The van der Waals surface area contributed by atoms with Crippen molar-refractivity contribution >= 4 is 28.5 Å². The summed E-state index contributed by atoms with van der Waals surface area (Å²) in [6.45, 7) is 2.42. The van der Waals surface area contributed by atoms with E-state index in [1.807, 2.05) is 0 Å². The first-order valence-electron chi connectivity index (χ1n) is 8.95. The Bertz CT molecular complexity index is 1170. The molecule has 0 radical (unpaired) electrons. The van der Waals surface area contributed by atoms with Gasteiger partial charge in [-0.05, 0) is 31.2 Å². The van der Waals surface area contributed by atoms with Gasteiger partial charge in [0.25, 0.3) is 0 Å². The Morgan fingerprint density at radius 3 is 2.83 bits per heavy atom. The lowest BCUT2D eigenvalue weighted by Gasteiger charge is -2.12. The smallest absolute Gasteiger partial charge is 0.338 e. The average molecular weight is 417 g/mol. The Hall–Kier alpha value is -3.19. The van der Waals surface area contributed by atoms with E-state index < -0.39 is 11.6 Å². The third-order valence-corrected chi connectivity index (χ3v) is 4.90. The molecule has 7 nitrogen and oxygen atoms in total. The summed E-state index contributed by atoms with van der Waals surface area (Å²) in [6, 6.07) is 7.33. The van der Waals surface area contributed by atoms with E-state index in [-0.39, 0.29) is 28.5 Å². The quantitative estimate of drug-likeness (QED) is 0.509. The minimum atomic E-state index is -0.626. The Balaban J connectivity index is 1.61. The predicted molar refractivity (Wildman–Crippen MR) is 105 cm³/mol. The summed E-state index contributed by atoms with van der Waals surface area (Å²) in [7, 11) is 0. The lowest BCUT2D eigenvalue weighted by Crippen LogP contribution is -2.09. The first kappa shape index (κ1) is 19.1. The SMILES string of the molecule is Cc1c(O)ccc2c(COC(=O)c3cc(Cl)c4c(c3)OCCCO4)cc(=O)oc12. The fourth-order valence-electron chi connectivity index (χ4n) is 3.11. The molecular formula is C21H17ClO7. The second-order valence-electron chi connectivity index (χ2n) is 6.59. The minimum absolute atomic E-state index is 0.0108. The average Bonchev–Trinajstić information content (AvgIpc) is 2.95. The van der Waals surface area contributed by atoms with E-state index in [0.29, 0.717) is 47.6 Å². The Morgan fingerprint density at radius 1 is 1.21 bits per heavy atom. The summed E-state index contributed by atoms with van der Waals surface area (Å²) >= 11 is 6.22. The molecule has 3 aromatic rings. The molecule has 0 saturated heterocycles. The Kier molecular flexibility index (Phi) is 5.07. The van der Waals surface area contributed by atoms with Crippen LogP contribution in [0.3, 0.4) is 0 Å². The van der Waals surface area contributed by atoms with E-state index >= 15 is 0 Å². The highest BCUT2D eigenvalue weighted by atomic mass is 35.5. The van der Waals surface area contributed by atoms with Crippen LogP contribution in [0, 0.1) is 6.92 Å². The van der Waals surface area contributed by atoms with Gasteiger partial charge in [0.1, 0.15) is 17.9 Å². The van der Waals surface area contributed by atoms with Crippen molar-refractivity contribution in [1.29, 1.82) is 0 Å². The minimum Gasteiger partial charge on any atom is -0.508 e. The Morgan fingerprint density at radius 2 is 2.00 bits per heavy atom. The molecule has 8 heteroatoms. The van der Waals surface area contributed by atoms with Crippen LogP contribution in [0.4, 0.5) is 0 Å². The maximum Gasteiger partial charge on any atom is 0.338 e. The number of hydrogen-bond acceptors (Lipinski definition) is 7. The van der Waals surface area contributed by atoms with E-state index in [4.69, 9.17) is 30.2 Å². The summed E-state index contributed by atoms with van der Waals surface area (Å²) in [4.78, 5) is 24.4. The van der Waals surface area contributed by atoms with E-state index in [2.05, 4.69) is 0 Å². The molecule has 1 N–H and O–H groups in total. The zero-order valence-electron chi connectivity index (χ0n) is 15.5. The highest BCUT2D eigenvalue weighted by Gasteiger charge is 2.20. The number of ether oxygens (including phenoxy) is 3. The molecule has 0 amide bonds. The van der Waals surface area contributed by atoms with Crippen molar-refractivity contribution in [3.05, 3.63) is 62.5 Å². The maximum atomic E-state index is 12.6. The second kappa shape index (κ2) is 7.67. The molecule has 29 heavy (non-hydrogen) atoms. The lowest BCUT2D eigenvalue weighted by molar-refractivity contribution is 0.0473. The molecule has 1 aliphatic rings. The molecule has 0 aliphatic carbocycles. The van der Waals surface area contributed by atoms with Crippen molar-refractivity contribution in [2.45, 2.75) is 20.0 Å². The topological polar surface area (TPSA) is 95.2 Å². The van der Waals surface area contributed by atoms with Crippen molar-refractivity contribution < 1.29 is 28.5 Å². The molecule has 1 aromatic heterocycles. The van der Waals surface area contributed by atoms with Crippen LogP contribution in [-0.2, 0) is 11.3 Å². The van der Waals surface area contributed by atoms with Crippen molar-refractivity contribution in [2.24, 2.45) is 0 Å². The number of phenolic OH excluding ortho intramolecular Hbond substituents is 1. The van der Waals surface area contributed by atoms with Gasteiger partial charge in [-0.25, -0.2) is 9.59 Å². The highest BCUT2D eigenvalue weighted by Crippen LogP contribution is 2.38. The summed E-state index contributed by atoms with van der Waals surface area (Å²) in [5, 5.41) is 10.7. The number of aryl methyl sites for hydroxylation is 1. The molecule has 1 aliphatic heterocycles. The summed E-state index contributed by atoms with van der Waals surface area (Å²) in [5.41, 5.74) is 0.758. The van der Waals surface area contributed by atoms with E-state index in [0.717, 1.165) is 0 Å². The zero-order chi connectivity index (χ0) is 20.5. The van der Waals surface area contributed by atoms with Gasteiger partial charge in [-0.2, -0.15) is 0 Å². The van der Waals surface area contributed by atoms with Crippen LogP contribution < -0.4 is 15.1 Å². The third kappa shape index (κ3) is 3.73. The van der Waals surface area contributed by atoms with Crippen molar-refractivity contribution in [3.8, 4) is 17.2 Å². The van der Waals surface area contributed by atoms with E-state index in [1.165, 1.54) is 24.3 Å². The van der Waals surface area contributed by atoms with Crippen LogP contribution in [0.25, 0.3) is 11.0 Å². The number of carbonyl (C=O) groups excluding carboxylic acids is 1. The third-order valence-electron chi connectivity index (χ3n) is 4.61. The largest absolute Gasteiger partial charge is 0.508 e. The second-order valence-corrected chi connectivity index (χ2v) is 7.00. The van der Waals surface area contributed by atoms with Gasteiger partial charge < -0.3 is 23.7 Å². The van der Waals surface area contributed by atoms with Crippen molar-refractivity contribution in [2.75, 3.05) is 13.2 Å². The molecule has 4 rings (SSSR count). The molecule has 0 bridgehead atoms. The molecule has 0 atom stereocenters. The molecular weight excluding hydrogens is 400 g/mol. The molecule has 2 aromatic carbocycles. The van der Waals surface area contributed by atoms with Crippen LogP contribution in [-0.4, -0.2) is 24.3 Å². The van der Waals surface area contributed by atoms with Crippen LogP contribution in [0.15, 0.2) is 39.5 Å². The van der Waals surface area contributed by atoms with Gasteiger partial charge in [-0.1, -0.05) is 11.6 Å².